The van der Waals surface area contributed by atoms with Gasteiger partial charge in [-0.05, 0) is 30.3 Å². The molecule has 2 aromatic carbocycles. The van der Waals surface area contributed by atoms with Crippen LogP contribution in [0.25, 0.3) is 10.9 Å². The zero-order valence-electron chi connectivity index (χ0n) is 11.8. The molecule has 1 N–H and O–H groups in total. The lowest BCUT2D eigenvalue weighted by molar-refractivity contribution is -0.137. The summed E-state index contributed by atoms with van der Waals surface area (Å²) in [5.74, 6) is -0.617. The number of amides is 1. The highest BCUT2D eigenvalue weighted by atomic mass is 19.4. The Kier molecular flexibility index (Phi) is 3.73. The molecule has 116 valence electrons. The molecule has 6 heteroatoms. The summed E-state index contributed by atoms with van der Waals surface area (Å²) in [5.41, 5.74) is 0.269. The van der Waals surface area contributed by atoms with Gasteiger partial charge in [0, 0.05) is 10.9 Å². The molecule has 1 aromatic heterocycles. The van der Waals surface area contributed by atoms with E-state index in [0.29, 0.717) is 5.69 Å². The van der Waals surface area contributed by atoms with Crippen LogP contribution in [0.1, 0.15) is 15.9 Å². The molecule has 3 aromatic rings. The normalized spacial score (nSPS) is 11.4. The smallest absolute Gasteiger partial charge is 0.321 e. The maximum atomic E-state index is 12.7. The molecule has 3 rings (SSSR count). The number of alkyl halides is 3. The number of nitrogens with zero attached hydrogens (tertiary/aromatic N) is 1. The highest BCUT2D eigenvalue weighted by Crippen LogP contribution is 2.29. The molecule has 0 aliphatic rings. The number of nitrogens with one attached hydrogen (secondary N) is 1. The van der Waals surface area contributed by atoms with Gasteiger partial charge in [-0.1, -0.05) is 24.3 Å². The average Bonchev–Trinajstić information content (AvgIpc) is 2.54. The Bertz CT molecular complexity index is 875. The number of halogens is 3. The number of aromatic nitrogens is 1. The third-order valence-electron chi connectivity index (χ3n) is 3.30. The second-order valence-electron chi connectivity index (χ2n) is 4.95. The lowest BCUT2D eigenvalue weighted by Gasteiger charge is -2.09. The molecule has 0 unspecified atom stereocenters. The van der Waals surface area contributed by atoms with Crippen molar-refractivity contribution in [2.24, 2.45) is 0 Å². The van der Waals surface area contributed by atoms with Crippen molar-refractivity contribution in [2.75, 3.05) is 5.32 Å². The Morgan fingerprint density at radius 2 is 1.78 bits per heavy atom. The molecule has 3 nitrogen and oxygen atoms in total. The molecular weight excluding hydrogens is 305 g/mol. The van der Waals surface area contributed by atoms with Crippen LogP contribution in [-0.2, 0) is 6.18 Å². The summed E-state index contributed by atoms with van der Waals surface area (Å²) >= 11 is 0. The highest BCUT2D eigenvalue weighted by Gasteiger charge is 2.30. The first kappa shape index (κ1) is 15.0. The van der Waals surface area contributed by atoms with Crippen LogP contribution >= 0.6 is 0 Å². The Morgan fingerprint density at radius 1 is 1.00 bits per heavy atom. The maximum Gasteiger partial charge on any atom is 0.416 e. The molecule has 0 aliphatic carbocycles. The van der Waals surface area contributed by atoms with Crippen LogP contribution in [0.3, 0.4) is 0 Å². The standard InChI is InChI=1S/C17H11F3N2O/c18-17(19,20)13-6-3-5-12(8-13)16(23)22-14-9-11-4-1-2-7-15(11)21-10-14/h1-10H,(H,22,23). The number of carbonyl (C=O) groups is 1. The molecule has 0 bridgehead atoms. The topological polar surface area (TPSA) is 42.0 Å². The third-order valence-corrected chi connectivity index (χ3v) is 3.30. The molecule has 0 atom stereocenters. The lowest BCUT2D eigenvalue weighted by atomic mass is 10.1. The minimum atomic E-state index is -4.49. The fourth-order valence-corrected chi connectivity index (χ4v) is 2.18. The van der Waals surface area contributed by atoms with E-state index in [-0.39, 0.29) is 5.56 Å². The number of benzene rings is 2. The number of para-hydroxylation sites is 1. The van der Waals surface area contributed by atoms with Gasteiger partial charge in [0.05, 0.1) is 23.0 Å². The van der Waals surface area contributed by atoms with Crippen molar-refractivity contribution in [3.05, 3.63) is 71.9 Å². The van der Waals surface area contributed by atoms with E-state index in [4.69, 9.17) is 0 Å². The highest BCUT2D eigenvalue weighted by molar-refractivity contribution is 6.05. The van der Waals surface area contributed by atoms with Crippen LogP contribution in [0, 0.1) is 0 Å². The molecule has 1 heterocycles. The Hall–Kier alpha value is -2.89. The van der Waals surface area contributed by atoms with E-state index >= 15 is 0 Å². The van der Waals surface area contributed by atoms with E-state index < -0.39 is 17.6 Å². The van der Waals surface area contributed by atoms with Gasteiger partial charge in [0.2, 0.25) is 0 Å². The summed E-state index contributed by atoms with van der Waals surface area (Å²) in [5, 5.41) is 3.39. The molecule has 23 heavy (non-hydrogen) atoms. The second-order valence-corrected chi connectivity index (χ2v) is 4.95. The molecule has 0 saturated heterocycles. The number of carbonyl (C=O) groups excluding carboxylic acids is 1. The Morgan fingerprint density at radius 3 is 2.57 bits per heavy atom. The number of pyridine rings is 1. The fraction of sp³-hybridized carbons (Fsp3) is 0.0588. The van der Waals surface area contributed by atoms with Crippen molar-refractivity contribution >= 4 is 22.5 Å². The zero-order valence-corrected chi connectivity index (χ0v) is 11.8. The fourth-order valence-electron chi connectivity index (χ4n) is 2.18. The van der Waals surface area contributed by atoms with Crippen LogP contribution in [-0.4, -0.2) is 10.9 Å². The van der Waals surface area contributed by atoms with Crippen LogP contribution in [0.5, 0.6) is 0 Å². The van der Waals surface area contributed by atoms with Crippen molar-refractivity contribution in [1.82, 2.24) is 4.98 Å². The van der Waals surface area contributed by atoms with Crippen LogP contribution in [0.15, 0.2) is 60.8 Å². The minimum Gasteiger partial charge on any atom is -0.321 e. The predicted molar refractivity (Wildman–Crippen MR) is 81.1 cm³/mol. The van der Waals surface area contributed by atoms with Crippen LogP contribution in [0.2, 0.25) is 0 Å². The first-order valence-corrected chi connectivity index (χ1v) is 6.77. The van der Waals surface area contributed by atoms with E-state index in [1.165, 1.54) is 18.3 Å². The maximum absolute atomic E-state index is 12.7. The summed E-state index contributed by atoms with van der Waals surface area (Å²) in [6, 6.07) is 13.3. The summed E-state index contributed by atoms with van der Waals surface area (Å²) < 4.78 is 38.1. The third kappa shape index (κ3) is 3.31. The van der Waals surface area contributed by atoms with Crippen molar-refractivity contribution in [1.29, 1.82) is 0 Å². The molecule has 0 aliphatic heterocycles. The van der Waals surface area contributed by atoms with Crippen molar-refractivity contribution < 1.29 is 18.0 Å². The number of hydrogen-bond acceptors (Lipinski definition) is 2. The van der Waals surface area contributed by atoms with Crippen LogP contribution < -0.4 is 5.32 Å². The van der Waals surface area contributed by atoms with E-state index in [9.17, 15) is 18.0 Å². The number of anilines is 1. The average molecular weight is 316 g/mol. The van der Waals surface area contributed by atoms with Gasteiger partial charge in [0.15, 0.2) is 0 Å². The quantitative estimate of drug-likeness (QED) is 0.756. The first-order chi connectivity index (χ1) is 10.9. The predicted octanol–water partition coefficient (Wildman–Crippen LogP) is 4.51. The lowest BCUT2D eigenvalue weighted by Crippen LogP contribution is -2.14. The second kappa shape index (κ2) is 5.72. The monoisotopic (exact) mass is 316 g/mol. The Labute approximate surface area is 129 Å². The summed E-state index contributed by atoms with van der Waals surface area (Å²) in [4.78, 5) is 16.3. The number of hydrogen-bond donors (Lipinski definition) is 1. The molecule has 0 spiro atoms. The molecule has 0 radical (unpaired) electrons. The molecule has 1 amide bonds. The molecule has 0 saturated carbocycles. The minimum absolute atomic E-state index is 0.0621. The summed E-state index contributed by atoms with van der Waals surface area (Å²) in [6.45, 7) is 0. The Balaban J connectivity index is 1.86. The van der Waals surface area contributed by atoms with E-state index in [1.807, 2.05) is 24.3 Å². The first-order valence-electron chi connectivity index (χ1n) is 6.77. The summed E-state index contributed by atoms with van der Waals surface area (Å²) in [7, 11) is 0. The van der Waals surface area contributed by atoms with Gasteiger partial charge in [0.25, 0.3) is 5.91 Å². The summed E-state index contributed by atoms with van der Waals surface area (Å²) in [6.07, 6.45) is -3.02. The van der Waals surface area contributed by atoms with Crippen LogP contribution in [0.4, 0.5) is 18.9 Å². The van der Waals surface area contributed by atoms with E-state index in [2.05, 4.69) is 10.3 Å². The van der Waals surface area contributed by atoms with Gasteiger partial charge >= 0.3 is 6.18 Å². The van der Waals surface area contributed by atoms with E-state index in [1.54, 1.807) is 6.07 Å². The van der Waals surface area contributed by atoms with Gasteiger partial charge < -0.3 is 5.32 Å². The molecule has 0 fully saturated rings. The van der Waals surface area contributed by atoms with Crippen molar-refractivity contribution in [2.45, 2.75) is 6.18 Å². The van der Waals surface area contributed by atoms with Gasteiger partial charge in [-0.15, -0.1) is 0 Å². The zero-order chi connectivity index (χ0) is 16.4. The van der Waals surface area contributed by atoms with Gasteiger partial charge in [0.1, 0.15) is 0 Å². The number of rotatable bonds is 2. The van der Waals surface area contributed by atoms with Gasteiger partial charge in [-0.2, -0.15) is 13.2 Å². The van der Waals surface area contributed by atoms with Gasteiger partial charge in [-0.25, -0.2) is 0 Å². The van der Waals surface area contributed by atoms with Gasteiger partial charge in [-0.3, -0.25) is 9.78 Å². The van der Waals surface area contributed by atoms with Crippen molar-refractivity contribution in [3.8, 4) is 0 Å². The van der Waals surface area contributed by atoms with E-state index in [0.717, 1.165) is 23.0 Å². The largest absolute Gasteiger partial charge is 0.416 e. The SMILES string of the molecule is O=C(Nc1cnc2ccccc2c1)c1cccc(C(F)(F)F)c1. The molecular formula is C17H11F3N2O. The van der Waals surface area contributed by atoms with Crippen molar-refractivity contribution in [3.63, 3.8) is 0 Å². The number of fused-ring (bicyclic) bond motifs is 1.